The lowest BCUT2D eigenvalue weighted by atomic mass is 10.3. The van der Waals surface area contributed by atoms with E-state index in [2.05, 4.69) is 21.5 Å². The minimum absolute atomic E-state index is 0.477. The van der Waals surface area contributed by atoms with Crippen molar-refractivity contribution in [1.82, 2.24) is 10.1 Å². The van der Waals surface area contributed by atoms with Crippen LogP contribution in [0.25, 0.3) is 0 Å². The van der Waals surface area contributed by atoms with Crippen LogP contribution in [0.2, 0.25) is 0 Å². The summed E-state index contributed by atoms with van der Waals surface area (Å²) in [6.07, 6.45) is 2.06. The molecule has 0 aliphatic heterocycles. The number of aryl methyl sites for hydroxylation is 1. The third-order valence-electron chi connectivity index (χ3n) is 1.29. The van der Waals surface area contributed by atoms with Crippen molar-refractivity contribution in [2.45, 2.75) is 20.8 Å². The summed E-state index contributed by atoms with van der Waals surface area (Å²) >= 11 is 0. The lowest BCUT2D eigenvalue weighted by Crippen LogP contribution is -1.98. The van der Waals surface area contributed by atoms with Crippen molar-refractivity contribution in [3.8, 4) is 0 Å². The largest absolute Gasteiger partial charge is 0.334 e. The molecule has 12 heavy (non-hydrogen) atoms. The molecule has 1 aromatic rings. The van der Waals surface area contributed by atoms with E-state index in [1.165, 1.54) is 5.57 Å². The van der Waals surface area contributed by atoms with Crippen LogP contribution in [0.5, 0.6) is 0 Å². The summed E-state index contributed by atoms with van der Waals surface area (Å²) in [5, 5.41) is 6.63. The molecular weight excluding hydrogens is 154 g/mol. The van der Waals surface area contributed by atoms with Gasteiger partial charge in [-0.25, -0.2) is 0 Å². The SMILES string of the molecule is CC(C)=CCNc1nc(C)no1. The number of allylic oxidation sites excluding steroid dienone is 1. The van der Waals surface area contributed by atoms with E-state index in [-0.39, 0.29) is 0 Å². The van der Waals surface area contributed by atoms with Crippen molar-refractivity contribution >= 4 is 6.01 Å². The first-order valence-corrected chi connectivity index (χ1v) is 3.86. The van der Waals surface area contributed by atoms with Gasteiger partial charge in [0.15, 0.2) is 5.82 Å². The van der Waals surface area contributed by atoms with Gasteiger partial charge in [-0.3, -0.25) is 0 Å². The lowest BCUT2D eigenvalue weighted by molar-refractivity contribution is 0.426. The molecule has 1 rings (SSSR count). The monoisotopic (exact) mass is 167 g/mol. The van der Waals surface area contributed by atoms with Crippen LogP contribution >= 0.6 is 0 Å². The van der Waals surface area contributed by atoms with Crippen molar-refractivity contribution in [3.63, 3.8) is 0 Å². The van der Waals surface area contributed by atoms with Gasteiger partial charge in [-0.2, -0.15) is 4.98 Å². The smallest absolute Gasteiger partial charge is 0.321 e. The number of aromatic nitrogens is 2. The summed E-state index contributed by atoms with van der Waals surface area (Å²) in [5.41, 5.74) is 1.26. The molecule has 0 aromatic carbocycles. The molecule has 0 bridgehead atoms. The van der Waals surface area contributed by atoms with Crippen LogP contribution in [0, 0.1) is 6.92 Å². The number of hydrogen-bond acceptors (Lipinski definition) is 4. The van der Waals surface area contributed by atoms with Gasteiger partial charge in [0.1, 0.15) is 0 Å². The Morgan fingerprint density at radius 2 is 2.33 bits per heavy atom. The Labute approximate surface area is 71.7 Å². The van der Waals surface area contributed by atoms with Crippen LogP contribution in [0.3, 0.4) is 0 Å². The normalized spacial score (nSPS) is 9.58. The maximum Gasteiger partial charge on any atom is 0.321 e. The third-order valence-corrected chi connectivity index (χ3v) is 1.29. The third kappa shape index (κ3) is 2.74. The summed E-state index contributed by atoms with van der Waals surface area (Å²) in [7, 11) is 0. The molecule has 0 atom stereocenters. The standard InChI is InChI=1S/C8H13N3O/c1-6(2)4-5-9-8-10-7(3)11-12-8/h4H,5H2,1-3H3,(H,9,10,11). The first kappa shape index (κ1) is 8.77. The van der Waals surface area contributed by atoms with Gasteiger partial charge in [-0.15, -0.1) is 0 Å². The fourth-order valence-corrected chi connectivity index (χ4v) is 0.711. The van der Waals surface area contributed by atoms with Crippen LogP contribution < -0.4 is 5.32 Å². The van der Waals surface area contributed by atoms with Crippen molar-refractivity contribution in [2.75, 3.05) is 11.9 Å². The molecule has 0 saturated heterocycles. The molecule has 0 spiro atoms. The number of rotatable bonds is 3. The van der Waals surface area contributed by atoms with Crippen LogP contribution in [0.15, 0.2) is 16.2 Å². The summed E-state index contributed by atoms with van der Waals surface area (Å²) in [6, 6.07) is 0.477. The molecule has 0 fully saturated rings. The highest BCUT2D eigenvalue weighted by molar-refractivity contribution is 5.20. The van der Waals surface area contributed by atoms with Crippen LogP contribution in [-0.2, 0) is 0 Å². The van der Waals surface area contributed by atoms with E-state index < -0.39 is 0 Å². The fraction of sp³-hybridized carbons (Fsp3) is 0.500. The van der Waals surface area contributed by atoms with Crippen molar-refractivity contribution in [3.05, 3.63) is 17.5 Å². The average molecular weight is 167 g/mol. The first-order chi connectivity index (χ1) is 5.68. The van der Waals surface area contributed by atoms with Crippen LogP contribution in [0.1, 0.15) is 19.7 Å². The Bertz CT molecular complexity index is 274. The molecule has 0 aliphatic carbocycles. The van der Waals surface area contributed by atoms with E-state index in [0.29, 0.717) is 11.8 Å². The predicted molar refractivity (Wildman–Crippen MR) is 47.0 cm³/mol. The van der Waals surface area contributed by atoms with Gasteiger partial charge in [-0.05, 0) is 20.8 Å². The highest BCUT2D eigenvalue weighted by Crippen LogP contribution is 2.01. The molecule has 0 aliphatic rings. The molecule has 4 nitrogen and oxygen atoms in total. The van der Waals surface area contributed by atoms with Crippen LogP contribution in [-0.4, -0.2) is 16.7 Å². The highest BCUT2D eigenvalue weighted by atomic mass is 16.5. The van der Waals surface area contributed by atoms with Gasteiger partial charge in [-0.1, -0.05) is 16.8 Å². The fourth-order valence-electron chi connectivity index (χ4n) is 0.711. The van der Waals surface area contributed by atoms with E-state index in [1.54, 1.807) is 6.92 Å². The minimum Gasteiger partial charge on any atom is -0.334 e. The van der Waals surface area contributed by atoms with Gasteiger partial charge < -0.3 is 9.84 Å². The van der Waals surface area contributed by atoms with Gasteiger partial charge in [0.25, 0.3) is 0 Å². The van der Waals surface area contributed by atoms with Crippen molar-refractivity contribution < 1.29 is 4.52 Å². The van der Waals surface area contributed by atoms with Gasteiger partial charge >= 0.3 is 6.01 Å². The van der Waals surface area contributed by atoms with E-state index in [1.807, 2.05) is 13.8 Å². The van der Waals surface area contributed by atoms with Gasteiger partial charge in [0.05, 0.1) is 0 Å². The van der Waals surface area contributed by atoms with Gasteiger partial charge in [0.2, 0.25) is 0 Å². The van der Waals surface area contributed by atoms with Crippen molar-refractivity contribution in [2.24, 2.45) is 0 Å². The van der Waals surface area contributed by atoms with E-state index in [9.17, 15) is 0 Å². The van der Waals surface area contributed by atoms with E-state index in [0.717, 1.165) is 6.54 Å². The first-order valence-electron chi connectivity index (χ1n) is 3.86. The second-order valence-corrected chi connectivity index (χ2v) is 2.81. The Morgan fingerprint density at radius 3 is 2.83 bits per heavy atom. The second kappa shape index (κ2) is 3.90. The molecule has 0 unspecified atom stereocenters. The van der Waals surface area contributed by atoms with Gasteiger partial charge in [0, 0.05) is 6.54 Å². The van der Waals surface area contributed by atoms with E-state index in [4.69, 9.17) is 4.52 Å². The maximum atomic E-state index is 4.84. The summed E-state index contributed by atoms with van der Waals surface area (Å²) in [6.45, 7) is 6.60. The molecule has 0 radical (unpaired) electrons. The zero-order valence-electron chi connectivity index (χ0n) is 7.59. The molecule has 4 heteroatoms. The van der Waals surface area contributed by atoms with Crippen molar-refractivity contribution in [1.29, 1.82) is 0 Å². The average Bonchev–Trinajstić information content (AvgIpc) is 2.35. The molecule has 1 heterocycles. The zero-order valence-corrected chi connectivity index (χ0v) is 7.59. The molecule has 0 saturated carbocycles. The number of nitrogens with zero attached hydrogens (tertiary/aromatic N) is 2. The summed E-state index contributed by atoms with van der Waals surface area (Å²) in [4.78, 5) is 3.99. The Hall–Kier alpha value is -1.32. The highest BCUT2D eigenvalue weighted by Gasteiger charge is 1.97. The summed E-state index contributed by atoms with van der Waals surface area (Å²) < 4.78 is 4.84. The molecule has 1 aromatic heterocycles. The lowest BCUT2D eigenvalue weighted by Gasteiger charge is -1.94. The minimum atomic E-state index is 0.477. The Balaban J connectivity index is 2.38. The maximum absolute atomic E-state index is 4.84. The second-order valence-electron chi connectivity index (χ2n) is 2.81. The number of hydrogen-bond donors (Lipinski definition) is 1. The molecule has 0 amide bonds. The quantitative estimate of drug-likeness (QED) is 0.697. The zero-order chi connectivity index (χ0) is 8.97. The Morgan fingerprint density at radius 1 is 1.58 bits per heavy atom. The molecule has 1 N–H and O–H groups in total. The number of anilines is 1. The van der Waals surface area contributed by atoms with E-state index >= 15 is 0 Å². The Kier molecular flexibility index (Phi) is 2.85. The molecule has 66 valence electrons. The summed E-state index contributed by atoms with van der Waals surface area (Å²) in [5.74, 6) is 0.648. The number of nitrogens with one attached hydrogen (secondary N) is 1. The molecular formula is C8H13N3O. The topological polar surface area (TPSA) is 51.0 Å². The predicted octanol–water partition coefficient (Wildman–Crippen LogP) is 1.76. The van der Waals surface area contributed by atoms with Crippen LogP contribution in [0.4, 0.5) is 6.01 Å².